The number of nitrogens with zero attached hydrogens (tertiary/aromatic N) is 3. The van der Waals surface area contributed by atoms with Crippen LogP contribution in [0.15, 0.2) is 52.8 Å². The van der Waals surface area contributed by atoms with Gasteiger partial charge < -0.3 is 37.6 Å². The Morgan fingerprint density at radius 1 is 1.16 bits per heavy atom. The lowest BCUT2D eigenvalue weighted by Crippen LogP contribution is -2.52. The maximum atomic E-state index is 12.9. The molecule has 3 heterocycles. The summed E-state index contributed by atoms with van der Waals surface area (Å²) in [5.41, 5.74) is 14.9. The Morgan fingerprint density at radius 3 is 2.74 bits per heavy atom. The third-order valence-electron chi connectivity index (χ3n) is 7.05. The van der Waals surface area contributed by atoms with E-state index in [1.54, 1.807) is 11.8 Å². The number of anilines is 1. The summed E-state index contributed by atoms with van der Waals surface area (Å²) in [5.74, 6) is 0.553. The number of fused-ring (bicyclic) bond motifs is 1. The van der Waals surface area contributed by atoms with Gasteiger partial charge in [0.15, 0.2) is 5.96 Å². The molecule has 206 valence electrons. The van der Waals surface area contributed by atoms with Gasteiger partial charge in [-0.25, -0.2) is 4.79 Å². The molecular formula is C27H41N9O2. The number of benzene rings is 1. The Morgan fingerprint density at radius 2 is 1.97 bits per heavy atom. The topological polar surface area (TPSA) is 153 Å². The summed E-state index contributed by atoms with van der Waals surface area (Å²) >= 11 is 0. The molecule has 1 aromatic rings. The van der Waals surface area contributed by atoms with Crippen LogP contribution in [0, 0.1) is 5.92 Å². The summed E-state index contributed by atoms with van der Waals surface area (Å²) in [6, 6.07) is 7.87. The van der Waals surface area contributed by atoms with Gasteiger partial charge >= 0.3 is 6.03 Å². The predicted molar refractivity (Wildman–Crippen MR) is 150 cm³/mol. The minimum absolute atomic E-state index is 0.0223. The molecule has 0 aliphatic carbocycles. The highest BCUT2D eigenvalue weighted by Crippen LogP contribution is 2.30. The minimum Gasteiger partial charge on any atom is -0.370 e. The molecule has 11 heteroatoms. The first-order valence-electron chi connectivity index (χ1n) is 13.5. The molecule has 3 aliphatic heterocycles. The van der Waals surface area contributed by atoms with Crippen LogP contribution < -0.4 is 37.6 Å². The second-order valence-electron chi connectivity index (χ2n) is 10.1. The number of nitrogens with one attached hydrogen (secondary N) is 4. The molecule has 38 heavy (non-hydrogen) atoms. The zero-order chi connectivity index (χ0) is 26.9. The standard InChI is InChI=1S/C27H41N9O2/c1-19(37)31-12-4-14-35-13-2-5-21(17-35)24-15-22-18-36(27(38)34-25(22)33-24)23-8-6-20(7-9-23)16-30-10-3-11-32-26(28)29/h6-9,15,18,21,25,30,33H,2-5,10-14,16-17H2,1H3,(H,31,37)(H,34,38)(H4,28,29,32). The summed E-state index contributed by atoms with van der Waals surface area (Å²) in [4.78, 5) is 32.1. The number of carbonyl (C=O) groups is 2. The van der Waals surface area contributed by atoms with Crippen molar-refractivity contribution in [3.63, 3.8) is 0 Å². The van der Waals surface area contributed by atoms with E-state index < -0.39 is 0 Å². The highest BCUT2D eigenvalue weighted by atomic mass is 16.2. The number of urea groups is 1. The maximum absolute atomic E-state index is 12.9. The van der Waals surface area contributed by atoms with Crippen molar-refractivity contribution in [1.29, 1.82) is 0 Å². The molecule has 4 rings (SSSR count). The fraction of sp³-hybridized carbons (Fsp3) is 0.519. The third kappa shape index (κ3) is 7.72. The van der Waals surface area contributed by atoms with E-state index in [-0.39, 0.29) is 24.1 Å². The van der Waals surface area contributed by atoms with Gasteiger partial charge in [0, 0.05) is 56.5 Å². The average Bonchev–Trinajstić information content (AvgIpc) is 3.31. The van der Waals surface area contributed by atoms with Crippen LogP contribution in [0.4, 0.5) is 10.5 Å². The van der Waals surface area contributed by atoms with Gasteiger partial charge in [-0.2, -0.15) is 0 Å². The van der Waals surface area contributed by atoms with Gasteiger partial charge in [0.2, 0.25) is 5.91 Å². The third-order valence-corrected chi connectivity index (χ3v) is 7.05. The molecule has 0 radical (unpaired) electrons. The van der Waals surface area contributed by atoms with E-state index >= 15 is 0 Å². The Balaban J connectivity index is 1.30. The Bertz CT molecular complexity index is 1060. The van der Waals surface area contributed by atoms with Crippen molar-refractivity contribution in [2.24, 2.45) is 22.4 Å². The van der Waals surface area contributed by atoms with E-state index in [0.717, 1.165) is 75.2 Å². The molecule has 1 fully saturated rings. The largest absolute Gasteiger partial charge is 0.370 e. The smallest absolute Gasteiger partial charge is 0.327 e. The number of likely N-dealkylation sites (tertiary alicyclic amines) is 1. The zero-order valence-corrected chi connectivity index (χ0v) is 22.2. The molecule has 8 N–H and O–H groups in total. The lowest BCUT2D eigenvalue weighted by atomic mass is 9.94. The Labute approximate surface area is 224 Å². The Hall–Kier alpha value is -3.57. The van der Waals surface area contributed by atoms with E-state index in [1.165, 1.54) is 5.70 Å². The van der Waals surface area contributed by atoms with Crippen LogP contribution in [-0.4, -0.2) is 68.2 Å². The van der Waals surface area contributed by atoms with Gasteiger partial charge in [-0.3, -0.25) is 14.7 Å². The van der Waals surface area contributed by atoms with Gasteiger partial charge in [-0.15, -0.1) is 0 Å². The number of amides is 3. The number of piperidine rings is 1. The number of carbonyl (C=O) groups excluding carboxylic acids is 2. The number of hydrogen-bond donors (Lipinski definition) is 6. The molecule has 0 aromatic heterocycles. The summed E-state index contributed by atoms with van der Waals surface area (Å²) < 4.78 is 0. The van der Waals surface area contributed by atoms with Crippen molar-refractivity contribution in [2.45, 2.75) is 45.3 Å². The van der Waals surface area contributed by atoms with Gasteiger partial charge in [0.05, 0.1) is 5.69 Å². The normalized spacial score (nSPS) is 21.1. The van der Waals surface area contributed by atoms with Gasteiger partial charge in [0.25, 0.3) is 0 Å². The van der Waals surface area contributed by atoms with E-state index in [1.807, 2.05) is 30.5 Å². The molecule has 3 amide bonds. The van der Waals surface area contributed by atoms with E-state index in [4.69, 9.17) is 11.5 Å². The highest BCUT2D eigenvalue weighted by Gasteiger charge is 2.34. The lowest BCUT2D eigenvalue weighted by Gasteiger charge is -2.34. The molecule has 2 atom stereocenters. The van der Waals surface area contributed by atoms with Crippen molar-refractivity contribution in [3.8, 4) is 0 Å². The van der Waals surface area contributed by atoms with Crippen molar-refractivity contribution >= 4 is 23.6 Å². The number of hydrogen-bond acceptors (Lipinski definition) is 6. The monoisotopic (exact) mass is 523 g/mol. The molecule has 2 unspecified atom stereocenters. The van der Waals surface area contributed by atoms with Crippen LogP contribution >= 0.6 is 0 Å². The summed E-state index contributed by atoms with van der Waals surface area (Å²) in [6.07, 6.45) is 8.03. The quantitative estimate of drug-likeness (QED) is 0.135. The van der Waals surface area contributed by atoms with Crippen molar-refractivity contribution in [3.05, 3.63) is 53.4 Å². The Kier molecular flexibility index (Phi) is 9.61. The van der Waals surface area contributed by atoms with E-state index in [0.29, 0.717) is 19.0 Å². The fourth-order valence-electron chi connectivity index (χ4n) is 5.11. The number of rotatable bonds is 12. The van der Waals surface area contributed by atoms with Crippen molar-refractivity contribution in [2.75, 3.05) is 44.2 Å². The van der Waals surface area contributed by atoms with Gasteiger partial charge in [-0.1, -0.05) is 12.1 Å². The lowest BCUT2D eigenvalue weighted by molar-refractivity contribution is -0.118. The predicted octanol–water partition coefficient (Wildman–Crippen LogP) is 0.905. The molecule has 0 spiro atoms. The van der Waals surface area contributed by atoms with Gasteiger partial charge in [-0.05, 0) is 69.1 Å². The number of nitrogens with two attached hydrogens (primary N) is 2. The maximum Gasteiger partial charge on any atom is 0.327 e. The summed E-state index contributed by atoms with van der Waals surface area (Å²) in [5, 5.41) is 12.9. The molecule has 1 aromatic carbocycles. The molecule has 1 saturated heterocycles. The van der Waals surface area contributed by atoms with Crippen LogP contribution in [0.3, 0.4) is 0 Å². The molecule has 0 saturated carbocycles. The number of guanidine groups is 1. The van der Waals surface area contributed by atoms with Crippen LogP contribution in [-0.2, 0) is 11.3 Å². The highest BCUT2D eigenvalue weighted by molar-refractivity contribution is 5.96. The van der Waals surface area contributed by atoms with E-state index in [9.17, 15) is 9.59 Å². The first-order chi connectivity index (χ1) is 18.4. The zero-order valence-electron chi connectivity index (χ0n) is 22.2. The van der Waals surface area contributed by atoms with Crippen LogP contribution in [0.1, 0.15) is 38.2 Å². The molecule has 3 aliphatic rings. The van der Waals surface area contributed by atoms with Gasteiger partial charge in [0.1, 0.15) is 6.17 Å². The van der Waals surface area contributed by atoms with Crippen molar-refractivity contribution < 1.29 is 9.59 Å². The average molecular weight is 524 g/mol. The molecule has 0 bridgehead atoms. The van der Waals surface area contributed by atoms with Crippen molar-refractivity contribution in [1.82, 2.24) is 26.2 Å². The van der Waals surface area contributed by atoms with Crippen LogP contribution in [0.5, 0.6) is 0 Å². The fourth-order valence-corrected chi connectivity index (χ4v) is 5.11. The van der Waals surface area contributed by atoms with Crippen LogP contribution in [0.25, 0.3) is 0 Å². The van der Waals surface area contributed by atoms with Crippen LogP contribution in [0.2, 0.25) is 0 Å². The second-order valence-corrected chi connectivity index (χ2v) is 10.1. The first kappa shape index (κ1) is 27.5. The SMILES string of the molecule is CC(=O)NCCCN1CCCC(C2=CC3=CN(c4ccc(CNCCCN=C(N)N)cc4)C(=O)NC3N2)C1. The molecule has 11 nitrogen and oxygen atoms in total. The second kappa shape index (κ2) is 13.3. The number of aliphatic imine (C=N–C) groups is 1. The van der Waals surface area contributed by atoms with E-state index in [2.05, 4.69) is 37.2 Å². The summed E-state index contributed by atoms with van der Waals surface area (Å²) in [6.45, 7) is 7.48. The summed E-state index contributed by atoms with van der Waals surface area (Å²) in [7, 11) is 0. The minimum atomic E-state index is -0.189. The first-order valence-corrected chi connectivity index (χ1v) is 13.5. The molecular weight excluding hydrogens is 482 g/mol.